The lowest BCUT2D eigenvalue weighted by atomic mass is 10.2. The van der Waals surface area contributed by atoms with E-state index in [1.807, 2.05) is 0 Å². The van der Waals surface area contributed by atoms with Gasteiger partial charge in [-0.1, -0.05) is 0 Å². The summed E-state index contributed by atoms with van der Waals surface area (Å²) in [7, 11) is 0. The van der Waals surface area contributed by atoms with Gasteiger partial charge in [0.1, 0.15) is 11.6 Å². The Balaban J connectivity index is 2.18. The molecule has 2 aromatic rings. The largest absolute Gasteiger partial charge is 0.449 e. The van der Waals surface area contributed by atoms with Crippen molar-refractivity contribution in [3.8, 4) is 23.0 Å². The van der Waals surface area contributed by atoms with E-state index in [9.17, 15) is 17.6 Å². The highest BCUT2D eigenvalue weighted by atomic mass is 19.1. The van der Waals surface area contributed by atoms with Crippen molar-refractivity contribution in [2.75, 3.05) is 0 Å². The number of hydrogen-bond acceptors (Lipinski definition) is 2. The second kappa shape index (κ2) is 3.63. The van der Waals surface area contributed by atoms with Gasteiger partial charge in [0.25, 0.3) is 0 Å². The van der Waals surface area contributed by atoms with Gasteiger partial charge in [-0.05, 0) is 0 Å². The molecule has 0 fully saturated rings. The smallest absolute Gasteiger partial charge is 0.206 e. The first-order chi connectivity index (χ1) is 8.54. The highest BCUT2D eigenvalue weighted by Gasteiger charge is 2.26. The summed E-state index contributed by atoms with van der Waals surface area (Å²) >= 11 is 0. The quantitative estimate of drug-likeness (QED) is 0.563. The number of halogens is 4. The molecule has 0 aliphatic carbocycles. The average Bonchev–Trinajstić information content (AvgIpc) is 2.26. The third-order valence-electron chi connectivity index (χ3n) is 2.37. The number of benzene rings is 2. The van der Waals surface area contributed by atoms with Gasteiger partial charge in [0.05, 0.1) is 0 Å². The summed E-state index contributed by atoms with van der Waals surface area (Å²) in [6.07, 6.45) is 0. The van der Waals surface area contributed by atoms with Crippen LogP contribution in [0, 0.1) is 23.3 Å². The minimum absolute atomic E-state index is 0.273. The average molecular weight is 256 g/mol. The molecular formula is C12H4F4O2. The summed E-state index contributed by atoms with van der Waals surface area (Å²) in [5.74, 6) is -5.23. The summed E-state index contributed by atoms with van der Waals surface area (Å²) in [4.78, 5) is 0. The summed E-state index contributed by atoms with van der Waals surface area (Å²) in [6.45, 7) is 0. The SMILES string of the molecule is Fc1cc(F)c2c(c1)Oc1cc(F)cc(F)c1O2. The van der Waals surface area contributed by atoms with E-state index >= 15 is 0 Å². The van der Waals surface area contributed by atoms with Crippen LogP contribution in [0.3, 0.4) is 0 Å². The van der Waals surface area contributed by atoms with Gasteiger partial charge in [0, 0.05) is 24.3 Å². The Hall–Kier alpha value is -2.24. The Morgan fingerprint density at radius 1 is 0.611 bits per heavy atom. The summed E-state index contributed by atoms with van der Waals surface area (Å²) in [5, 5.41) is 0. The van der Waals surface area contributed by atoms with Gasteiger partial charge in [-0.25, -0.2) is 17.6 Å². The van der Waals surface area contributed by atoms with E-state index in [1.54, 1.807) is 0 Å². The van der Waals surface area contributed by atoms with Crippen LogP contribution >= 0.6 is 0 Å². The zero-order valence-corrected chi connectivity index (χ0v) is 8.64. The van der Waals surface area contributed by atoms with Crippen LogP contribution in [0.25, 0.3) is 0 Å². The highest BCUT2D eigenvalue weighted by molar-refractivity contribution is 5.55. The van der Waals surface area contributed by atoms with Gasteiger partial charge in [-0.2, -0.15) is 0 Å². The number of rotatable bonds is 0. The zero-order chi connectivity index (χ0) is 12.9. The fourth-order valence-electron chi connectivity index (χ4n) is 1.64. The summed E-state index contributed by atoms with van der Waals surface area (Å²) < 4.78 is 62.7. The molecule has 1 aliphatic heterocycles. The molecular weight excluding hydrogens is 252 g/mol. The van der Waals surface area contributed by atoms with E-state index in [2.05, 4.69) is 0 Å². The van der Waals surface area contributed by atoms with E-state index < -0.39 is 34.8 Å². The Labute approximate surface area is 98.4 Å². The predicted molar refractivity (Wildman–Crippen MR) is 52.9 cm³/mol. The normalized spacial score (nSPS) is 12.2. The maximum absolute atomic E-state index is 13.4. The fourth-order valence-corrected chi connectivity index (χ4v) is 1.64. The molecule has 0 unspecified atom stereocenters. The molecule has 1 aliphatic rings. The van der Waals surface area contributed by atoms with E-state index in [4.69, 9.17) is 9.47 Å². The monoisotopic (exact) mass is 256 g/mol. The number of ether oxygens (including phenoxy) is 2. The lowest BCUT2D eigenvalue weighted by Crippen LogP contribution is -2.04. The number of hydrogen-bond donors (Lipinski definition) is 0. The molecule has 2 aromatic carbocycles. The molecule has 0 N–H and O–H groups in total. The molecule has 0 atom stereocenters. The molecule has 0 aromatic heterocycles. The van der Waals surface area contributed by atoms with Gasteiger partial charge in [0.2, 0.25) is 11.5 Å². The second-order valence-electron chi connectivity index (χ2n) is 3.63. The molecule has 92 valence electrons. The first-order valence-electron chi connectivity index (χ1n) is 4.88. The van der Waals surface area contributed by atoms with E-state index in [0.29, 0.717) is 12.1 Å². The highest BCUT2D eigenvalue weighted by Crippen LogP contribution is 2.47. The number of fused-ring (bicyclic) bond motifs is 2. The minimum atomic E-state index is -1.03. The molecule has 0 saturated heterocycles. The van der Waals surface area contributed by atoms with Crippen LogP contribution < -0.4 is 9.47 Å². The third-order valence-corrected chi connectivity index (χ3v) is 2.37. The summed E-state index contributed by atoms with van der Waals surface area (Å²) in [6, 6.07) is 2.89. The lowest BCUT2D eigenvalue weighted by molar-refractivity contribution is 0.321. The first-order valence-corrected chi connectivity index (χ1v) is 4.88. The standard InChI is InChI=1S/C12H4F4O2/c13-5-1-7(15)11-9(3-5)17-10-4-6(14)2-8(16)12(10)18-11/h1-4H. The fraction of sp³-hybridized carbons (Fsp3) is 0. The van der Waals surface area contributed by atoms with Crippen molar-refractivity contribution in [3.63, 3.8) is 0 Å². The van der Waals surface area contributed by atoms with Crippen molar-refractivity contribution in [3.05, 3.63) is 47.5 Å². The van der Waals surface area contributed by atoms with Crippen LogP contribution in [0.15, 0.2) is 24.3 Å². The van der Waals surface area contributed by atoms with Gasteiger partial charge in [-0.15, -0.1) is 0 Å². The minimum Gasteiger partial charge on any atom is -0.449 e. The first kappa shape index (κ1) is 10.9. The van der Waals surface area contributed by atoms with Gasteiger partial charge >= 0.3 is 0 Å². The molecule has 2 nitrogen and oxygen atoms in total. The maximum Gasteiger partial charge on any atom is 0.206 e. The van der Waals surface area contributed by atoms with Crippen LogP contribution in [0.4, 0.5) is 17.6 Å². The van der Waals surface area contributed by atoms with Crippen LogP contribution in [0.5, 0.6) is 23.0 Å². The van der Waals surface area contributed by atoms with Crippen LogP contribution in [-0.4, -0.2) is 0 Å². The topological polar surface area (TPSA) is 18.5 Å². The Morgan fingerprint density at radius 2 is 1.06 bits per heavy atom. The Kier molecular flexibility index (Phi) is 2.19. The molecule has 0 saturated carbocycles. The lowest BCUT2D eigenvalue weighted by Gasteiger charge is -2.21. The molecule has 0 amide bonds. The molecule has 6 heteroatoms. The van der Waals surface area contributed by atoms with Crippen molar-refractivity contribution in [2.45, 2.75) is 0 Å². The molecule has 0 bridgehead atoms. The molecule has 18 heavy (non-hydrogen) atoms. The van der Waals surface area contributed by atoms with Crippen molar-refractivity contribution >= 4 is 0 Å². The van der Waals surface area contributed by atoms with E-state index in [1.165, 1.54) is 0 Å². The molecule has 0 radical (unpaired) electrons. The van der Waals surface area contributed by atoms with Gasteiger partial charge in [0.15, 0.2) is 23.1 Å². The van der Waals surface area contributed by atoms with E-state index in [-0.39, 0.29) is 11.5 Å². The third kappa shape index (κ3) is 1.57. The molecule has 0 spiro atoms. The van der Waals surface area contributed by atoms with Crippen LogP contribution in [0.2, 0.25) is 0 Å². The molecule has 3 rings (SSSR count). The van der Waals surface area contributed by atoms with Crippen molar-refractivity contribution in [1.82, 2.24) is 0 Å². The van der Waals surface area contributed by atoms with Crippen molar-refractivity contribution in [1.29, 1.82) is 0 Å². The van der Waals surface area contributed by atoms with Crippen molar-refractivity contribution < 1.29 is 27.0 Å². The zero-order valence-electron chi connectivity index (χ0n) is 8.64. The van der Waals surface area contributed by atoms with Crippen LogP contribution in [-0.2, 0) is 0 Å². The predicted octanol–water partition coefficient (Wildman–Crippen LogP) is 4.14. The van der Waals surface area contributed by atoms with Gasteiger partial charge in [-0.3, -0.25) is 0 Å². The maximum atomic E-state index is 13.4. The van der Waals surface area contributed by atoms with Crippen LogP contribution in [0.1, 0.15) is 0 Å². The second-order valence-corrected chi connectivity index (χ2v) is 3.63. The van der Waals surface area contributed by atoms with Crippen molar-refractivity contribution in [2.24, 2.45) is 0 Å². The molecule has 1 heterocycles. The Bertz CT molecular complexity index is 600. The summed E-state index contributed by atoms with van der Waals surface area (Å²) in [5.41, 5.74) is 0. The van der Waals surface area contributed by atoms with Gasteiger partial charge < -0.3 is 9.47 Å². The van der Waals surface area contributed by atoms with E-state index in [0.717, 1.165) is 12.1 Å². The Morgan fingerprint density at radius 3 is 1.50 bits per heavy atom.